The smallest absolute Gasteiger partial charge is 0.328 e. The zero-order valence-electron chi connectivity index (χ0n) is 10.9. The average molecular weight is 246 g/mol. The molecule has 0 heterocycles. The second-order valence-electron chi connectivity index (χ2n) is 4.31. The van der Waals surface area contributed by atoms with E-state index in [-0.39, 0.29) is 17.9 Å². The molecule has 96 valence electrons. The fourth-order valence-electron chi connectivity index (χ4n) is 1.55. The second kappa shape index (κ2) is 6.65. The number of hydrogen-bond acceptors (Lipinski definition) is 4. The predicted octanol–water partition coefficient (Wildman–Crippen LogP) is 2.56. The summed E-state index contributed by atoms with van der Waals surface area (Å²) in [4.78, 5) is 11.8. The first-order valence-corrected chi connectivity index (χ1v) is 6.01. The van der Waals surface area contributed by atoms with Gasteiger partial charge in [-0.1, -0.05) is 13.8 Å². The van der Waals surface area contributed by atoms with Crippen LogP contribution in [-0.4, -0.2) is 18.6 Å². The van der Waals surface area contributed by atoms with Crippen LogP contribution in [0.25, 0.3) is 0 Å². The highest BCUT2D eigenvalue weighted by Crippen LogP contribution is 2.15. The van der Waals surface area contributed by atoms with Crippen molar-refractivity contribution >= 4 is 11.7 Å². The highest BCUT2D eigenvalue weighted by atomic mass is 16.5. The van der Waals surface area contributed by atoms with Crippen LogP contribution in [0.5, 0.6) is 0 Å². The summed E-state index contributed by atoms with van der Waals surface area (Å²) in [6.07, 6.45) is 0. The van der Waals surface area contributed by atoms with Crippen molar-refractivity contribution < 1.29 is 9.53 Å². The molecule has 4 nitrogen and oxygen atoms in total. The Hall–Kier alpha value is -2.02. The molecule has 1 unspecified atom stereocenters. The summed E-state index contributed by atoms with van der Waals surface area (Å²) in [7, 11) is 0. The lowest BCUT2D eigenvalue weighted by molar-refractivity contribution is -0.145. The highest BCUT2D eigenvalue weighted by molar-refractivity contribution is 5.79. The van der Waals surface area contributed by atoms with Crippen molar-refractivity contribution in [2.45, 2.75) is 26.8 Å². The predicted molar refractivity (Wildman–Crippen MR) is 70.0 cm³/mol. The SMILES string of the molecule is CCOC(=O)C(Nc1ccc(C#N)cc1)C(C)C. The number of hydrogen-bond donors (Lipinski definition) is 1. The third-order valence-corrected chi connectivity index (χ3v) is 2.54. The Labute approximate surface area is 108 Å². The fraction of sp³-hybridized carbons (Fsp3) is 0.429. The lowest BCUT2D eigenvalue weighted by atomic mass is 10.0. The summed E-state index contributed by atoms with van der Waals surface area (Å²) in [6, 6.07) is 8.67. The summed E-state index contributed by atoms with van der Waals surface area (Å²) in [5, 5.41) is 11.8. The molecule has 0 radical (unpaired) electrons. The molecule has 0 aliphatic heterocycles. The van der Waals surface area contributed by atoms with E-state index in [9.17, 15) is 4.79 Å². The van der Waals surface area contributed by atoms with Crippen LogP contribution in [0.4, 0.5) is 5.69 Å². The number of rotatable bonds is 5. The molecular formula is C14H18N2O2. The number of benzene rings is 1. The number of ether oxygens (including phenoxy) is 1. The minimum atomic E-state index is -0.377. The molecule has 0 fully saturated rings. The molecule has 0 saturated carbocycles. The minimum absolute atomic E-state index is 0.125. The van der Waals surface area contributed by atoms with Crippen LogP contribution < -0.4 is 5.32 Å². The Balaban J connectivity index is 2.77. The molecular weight excluding hydrogens is 228 g/mol. The van der Waals surface area contributed by atoms with Gasteiger partial charge in [-0.2, -0.15) is 5.26 Å². The van der Waals surface area contributed by atoms with Crippen LogP contribution in [0, 0.1) is 17.2 Å². The van der Waals surface area contributed by atoms with Crippen LogP contribution >= 0.6 is 0 Å². The maximum absolute atomic E-state index is 11.8. The van der Waals surface area contributed by atoms with E-state index >= 15 is 0 Å². The summed E-state index contributed by atoms with van der Waals surface area (Å²) in [6.45, 7) is 6.07. The first kappa shape index (κ1) is 14.0. The van der Waals surface area contributed by atoms with Crippen LogP contribution in [0.3, 0.4) is 0 Å². The number of carbonyl (C=O) groups is 1. The molecule has 1 aromatic carbocycles. The van der Waals surface area contributed by atoms with Crippen molar-refractivity contribution in [1.29, 1.82) is 5.26 Å². The van der Waals surface area contributed by atoms with Crippen LogP contribution in [0.1, 0.15) is 26.3 Å². The normalized spacial score (nSPS) is 11.7. The summed E-state index contributed by atoms with van der Waals surface area (Å²) in [5.74, 6) is -0.128. The van der Waals surface area contributed by atoms with E-state index in [4.69, 9.17) is 10.00 Å². The van der Waals surface area contributed by atoms with E-state index in [0.717, 1.165) is 5.69 Å². The molecule has 0 aromatic heterocycles. The number of nitrogens with zero attached hydrogens (tertiary/aromatic N) is 1. The Bertz CT molecular complexity index is 432. The molecule has 18 heavy (non-hydrogen) atoms. The van der Waals surface area contributed by atoms with E-state index in [1.807, 2.05) is 13.8 Å². The minimum Gasteiger partial charge on any atom is -0.464 e. The van der Waals surface area contributed by atoms with Gasteiger partial charge in [0.15, 0.2) is 0 Å². The van der Waals surface area contributed by atoms with Crippen molar-refractivity contribution in [2.75, 3.05) is 11.9 Å². The van der Waals surface area contributed by atoms with E-state index in [1.165, 1.54) is 0 Å². The second-order valence-corrected chi connectivity index (χ2v) is 4.31. The van der Waals surface area contributed by atoms with E-state index < -0.39 is 0 Å². The van der Waals surface area contributed by atoms with Gasteiger partial charge in [0.2, 0.25) is 0 Å². The number of esters is 1. The Morgan fingerprint density at radius 1 is 1.39 bits per heavy atom. The monoisotopic (exact) mass is 246 g/mol. The van der Waals surface area contributed by atoms with Gasteiger partial charge in [-0.15, -0.1) is 0 Å². The molecule has 1 atom stereocenters. The molecule has 0 aliphatic rings. The quantitative estimate of drug-likeness (QED) is 0.811. The average Bonchev–Trinajstić information content (AvgIpc) is 2.36. The van der Waals surface area contributed by atoms with Crippen LogP contribution in [-0.2, 0) is 9.53 Å². The maximum atomic E-state index is 11.8. The van der Waals surface area contributed by atoms with Gasteiger partial charge >= 0.3 is 5.97 Å². The van der Waals surface area contributed by atoms with Gasteiger partial charge in [0.1, 0.15) is 6.04 Å². The third kappa shape index (κ3) is 3.77. The number of anilines is 1. The number of nitriles is 1. The summed E-state index contributed by atoms with van der Waals surface area (Å²) < 4.78 is 5.03. The van der Waals surface area contributed by atoms with Gasteiger partial charge in [-0.3, -0.25) is 0 Å². The van der Waals surface area contributed by atoms with Gasteiger partial charge < -0.3 is 10.1 Å². The van der Waals surface area contributed by atoms with E-state index in [1.54, 1.807) is 31.2 Å². The van der Waals surface area contributed by atoms with E-state index in [0.29, 0.717) is 12.2 Å². The number of carbonyl (C=O) groups excluding carboxylic acids is 1. The molecule has 1 rings (SSSR count). The molecule has 0 saturated heterocycles. The molecule has 0 spiro atoms. The van der Waals surface area contributed by atoms with Gasteiger partial charge in [0.05, 0.1) is 18.2 Å². The Kier molecular flexibility index (Phi) is 5.19. The third-order valence-electron chi connectivity index (χ3n) is 2.54. The molecule has 1 N–H and O–H groups in total. The van der Waals surface area contributed by atoms with Crippen molar-refractivity contribution in [3.8, 4) is 6.07 Å². The molecule has 0 bridgehead atoms. The van der Waals surface area contributed by atoms with Gasteiger partial charge in [0, 0.05) is 5.69 Å². The van der Waals surface area contributed by atoms with Crippen LogP contribution in [0.15, 0.2) is 24.3 Å². The zero-order valence-corrected chi connectivity index (χ0v) is 10.9. The lowest BCUT2D eigenvalue weighted by Crippen LogP contribution is -2.36. The van der Waals surface area contributed by atoms with Crippen molar-refractivity contribution in [2.24, 2.45) is 5.92 Å². The fourth-order valence-corrected chi connectivity index (χ4v) is 1.55. The van der Waals surface area contributed by atoms with Gasteiger partial charge in [0.25, 0.3) is 0 Å². The molecule has 0 amide bonds. The number of nitrogens with one attached hydrogen (secondary N) is 1. The summed E-state index contributed by atoms with van der Waals surface area (Å²) >= 11 is 0. The van der Waals surface area contributed by atoms with Crippen molar-refractivity contribution in [1.82, 2.24) is 0 Å². The maximum Gasteiger partial charge on any atom is 0.328 e. The molecule has 4 heteroatoms. The van der Waals surface area contributed by atoms with E-state index in [2.05, 4.69) is 11.4 Å². The van der Waals surface area contributed by atoms with Crippen molar-refractivity contribution in [3.63, 3.8) is 0 Å². The highest BCUT2D eigenvalue weighted by Gasteiger charge is 2.23. The lowest BCUT2D eigenvalue weighted by Gasteiger charge is -2.21. The Morgan fingerprint density at radius 3 is 2.44 bits per heavy atom. The zero-order chi connectivity index (χ0) is 13.5. The van der Waals surface area contributed by atoms with Gasteiger partial charge in [-0.05, 0) is 37.1 Å². The first-order chi connectivity index (χ1) is 8.58. The first-order valence-electron chi connectivity index (χ1n) is 6.01. The molecule has 0 aliphatic carbocycles. The summed E-state index contributed by atoms with van der Waals surface area (Å²) in [5.41, 5.74) is 1.40. The standard InChI is InChI=1S/C14H18N2O2/c1-4-18-14(17)13(10(2)3)16-12-7-5-11(9-15)6-8-12/h5-8,10,13,16H,4H2,1-3H3. The van der Waals surface area contributed by atoms with Crippen molar-refractivity contribution in [3.05, 3.63) is 29.8 Å². The largest absolute Gasteiger partial charge is 0.464 e. The Morgan fingerprint density at radius 2 is 2.00 bits per heavy atom. The van der Waals surface area contributed by atoms with Gasteiger partial charge in [-0.25, -0.2) is 4.79 Å². The van der Waals surface area contributed by atoms with Crippen LogP contribution in [0.2, 0.25) is 0 Å². The molecule has 1 aromatic rings. The topological polar surface area (TPSA) is 62.1 Å².